The molecule has 0 saturated heterocycles. The molecule has 5 aromatic carbocycles. The molecule has 0 fully saturated rings. The van der Waals surface area contributed by atoms with Crippen molar-refractivity contribution >= 4 is 39.6 Å². The second kappa shape index (κ2) is 22.6. The van der Waals surface area contributed by atoms with Crippen molar-refractivity contribution in [3.63, 3.8) is 0 Å². The van der Waals surface area contributed by atoms with Crippen molar-refractivity contribution in [3.8, 4) is 0 Å². The predicted molar refractivity (Wildman–Crippen MR) is 236 cm³/mol. The van der Waals surface area contributed by atoms with E-state index in [1.807, 2.05) is 30.3 Å². The van der Waals surface area contributed by atoms with Crippen LogP contribution in [0.2, 0.25) is 0 Å². The number of halogens is 24. The average Bonchev–Trinajstić information content (AvgIpc) is 3.48. The molecule has 0 aliphatic heterocycles. The molecule has 0 saturated carbocycles. The summed E-state index contributed by atoms with van der Waals surface area (Å²) >= 11 is 0. The van der Waals surface area contributed by atoms with Crippen molar-refractivity contribution in [1.82, 2.24) is 0 Å². The monoisotopic (exact) mass is 1160 g/mol. The Morgan fingerprint density at radius 3 is 0.911 bits per heavy atom. The SMILES string of the molecule is CCCCCC(=O)c1cccc[n+]1CC(=O)c1ccccc1.FC(F)(F)c1cc([B-](c2cc(C(F)(F)F)cc(C(F)(F)F)c2)(c2cc(C(F)(F)F)cc(C(F)(F)F)c2)c2cc(C(F)(F)F)cc(C(F)(F)F)c2)cc(C(F)(F)F)c1. The molecule has 0 N–H and O–H groups in total. The van der Waals surface area contributed by atoms with Crippen LogP contribution >= 0.6 is 0 Å². The van der Waals surface area contributed by atoms with Crippen LogP contribution in [0, 0.1) is 0 Å². The number of hydrogen-bond acceptors (Lipinski definition) is 2. The summed E-state index contributed by atoms with van der Waals surface area (Å²) < 4.78 is 343. The predicted octanol–water partition coefficient (Wildman–Crippen LogP) is 14.8. The van der Waals surface area contributed by atoms with E-state index < -0.39 is 195 Å². The van der Waals surface area contributed by atoms with E-state index >= 15 is 0 Å². The number of unbranched alkanes of at least 4 members (excludes halogenated alkanes) is 2. The Bertz CT molecular complexity index is 2710. The first-order valence-electron chi connectivity index (χ1n) is 22.4. The first-order chi connectivity index (χ1) is 36.0. The molecule has 0 aliphatic rings. The molecule has 0 bridgehead atoms. The van der Waals surface area contributed by atoms with Crippen LogP contribution in [0.1, 0.15) is 98.0 Å². The van der Waals surface area contributed by atoms with Gasteiger partial charge in [0.1, 0.15) is 6.15 Å². The van der Waals surface area contributed by atoms with Gasteiger partial charge >= 0.3 is 49.4 Å². The molecule has 6 rings (SSSR count). The minimum atomic E-state index is -6.13. The van der Waals surface area contributed by atoms with Gasteiger partial charge in [-0.25, -0.2) is 0 Å². The number of carbonyl (C=O) groups is 2. The summed E-state index contributed by atoms with van der Waals surface area (Å²) in [6, 6.07) is 5.86. The zero-order valence-corrected chi connectivity index (χ0v) is 39.6. The molecule has 28 heteroatoms. The molecule has 1 aromatic heterocycles. The Kier molecular flexibility index (Phi) is 18.0. The highest BCUT2D eigenvalue weighted by Crippen LogP contribution is 2.41. The second-order valence-corrected chi connectivity index (χ2v) is 17.6. The van der Waals surface area contributed by atoms with Gasteiger partial charge in [0.2, 0.25) is 23.8 Å². The quantitative estimate of drug-likeness (QED) is 0.0403. The summed E-state index contributed by atoms with van der Waals surface area (Å²) in [6.45, 7) is 2.31. The van der Waals surface area contributed by atoms with Crippen molar-refractivity contribution in [2.75, 3.05) is 0 Å². The number of pyridine rings is 1. The molecule has 426 valence electrons. The van der Waals surface area contributed by atoms with Gasteiger partial charge in [-0.3, -0.25) is 9.59 Å². The van der Waals surface area contributed by atoms with Gasteiger partial charge in [0.15, 0.2) is 6.20 Å². The van der Waals surface area contributed by atoms with Crippen LogP contribution < -0.4 is 26.4 Å². The van der Waals surface area contributed by atoms with Gasteiger partial charge in [-0.05, 0) is 36.8 Å². The van der Waals surface area contributed by atoms with E-state index in [2.05, 4.69) is 6.92 Å². The van der Waals surface area contributed by atoms with Gasteiger partial charge in [0.05, 0.1) is 44.5 Å². The lowest BCUT2D eigenvalue weighted by molar-refractivity contribution is -0.685. The number of ketones is 2. The van der Waals surface area contributed by atoms with E-state index in [9.17, 15) is 115 Å². The van der Waals surface area contributed by atoms with Crippen LogP contribution in [0.15, 0.2) is 128 Å². The maximum Gasteiger partial charge on any atom is 0.416 e. The van der Waals surface area contributed by atoms with Gasteiger partial charge in [0, 0.05) is 24.1 Å². The van der Waals surface area contributed by atoms with Crippen LogP contribution in [0.3, 0.4) is 0 Å². The van der Waals surface area contributed by atoms with Gasteiger partial charge in [-0.2, -0.15) is 132 Å². The number of nitrogens with zero attached hydrogens (tertiary/aromatic N) is 1. The molecule has 0 spiro atoms. The van der Waals surface area contributed by atoms with Crippen LogP contribution in [0.4, 0.5) is 105 Å². The highest BCUT2D eigenvalue weighted by Gasteiger charge is 2.47. The Labute approximate surface area is 430 Å². The second-order valence-electron chi connectivity index (χ2n) is 17.6. The highest BCUT2D eigenvalue weighted by atomic mass is 19.4. The smallest absolute Gasteiger partial charge is 0.287 e. The molecular formula is C51H34BF24NO2. The van der Waals surface area contributed by atoms with Gasteiger partial charge in [-0.1, -0.05) is 98.6 Å². The third-order valence-corrected chi connectivity index (χ3v) is 12.1. The third kappa shape index (κ3) is 15.2. The minimum Gasteiger partial charge on any atom is -0.287 e. The van der Waals surface area contributed by atoms with Gasteiger partial charge in [-0.15, -0.1) is 0 Å². The fourth-order valence-electron chi connectivity index (χ4n) is 8.47. The van der Waals surface area contributed by atoms with E-state index in [4.69, 9.17) is 0 Å². The Hall–Kier alpha value is -7.03. The lowest BCUT2D eigenvalue weighted by atomic mass is 9.12. The van der Waals surface area contributed by atoms with Crippen LogP contribution in [0.25, 0.3) is 0 Å². The largest absolute Gasteiger partial charge is 0.416 e. The maximum absolute atomic E-state index is 14.2. The summed E-state index contributed by atoms with van der Waals surface area (Å²) in [7, 11) is 0. The van der Waals surface area contributed by atoms with Crippen LogP contribution in [-0.2, 0) is 56.0 Å². The first-order valence-corrected chi connectivity index (χ1v) is 22.4. The highest BCUT2D eigenvalue weighted by molar-refractivity contribution is 7.20. The summed E-state index contributed by atoms with van der Waals surface area (Å²) in [4.78, 5) is 24.6. The number of hydrogen-bond donors (Lipinski definition) is 0. The fourth-order valence-corrected chi connectivity index (χ4v) is 8.47. The van der Waals surface area contributed by atoms with Crippen molar-refractivity contribution in [2.45, 2.75) is 88.6 Å². The molecule has 0 radical (unpaired) electrons. The third-order valence-electron chi connectivity index (χ3n) is 12.1. The number of aromatic nitrogens is 1. The Balaban J connectivity index is 0.000000433. The lowest BCUT2D eigenvalue weighted by Crippen LogP contribution is -2.75. The number of carbonyl (C=O) groups excluding carboxylic acids is 2. The average molecular weight is 1160 g/mol. The number of benzene rings is 5. The fraction of sp³-hybridized carbons (Fsp3) is 0.275. The Morgan fingerprint density at radius 2 is 0.646 bits per heavy atom. The number of alkyl halides is 24. The molecule has 79 heavy (non-hydrogen) atoms. The van der Waals surface area contributed by atoms with Crippen LogP contribution in [0.5, 0.6) is 0 Å². The Morgan fingerprint density at radius 1 is 0.367 bits per heavy atom. The molecule has 0 atom stereocenters. The molecule has 3 nitrogen and oxygen atoms in total. The first kappa shape index (κ1) is 62.8. The van der Waals surface area contributed by atoms with Gasteiger partial charge in [0.25, 0.3) is 0 Å². The van der Waals surface area contributed by atoms with E-state index in [0.717, 1.165) is 19.3 Å². The summed E-state index contributed by atoms with van der Waals surface area (Å²) in [5.74, 6) is 0.120. The lowest BCUT2D eigenvalue weighted by Gasteiger charge is -2.46. The van der Waals surface area contributed by atoms with E-state index in [1.165, 1.54) is 0 Å². The molecule has 6 aromatic rings. The zero-order chi connectivity index (χ0) is 59.7. The van der Waals surface area contributed by atoms with Crippen molar-refractivity contribution in [3.05, 3.63) is 183 Å². The zero-order valence-electron chi connectivity index (χ0n) is 39.6. The summed E-state index contributed by atoms with van der Waals surface area (Å²) in [5, 5.41) is 0. The van der Waals surface area contributed by atoms with Gasteiger partial charge < -0.3 is 0 Å². The maximum atomic E-state index is 14.2. The number of Topliss-reactive ketones (excluding diaryl/α,β-unsaturated/α-hetero) is 2. The molecule has 0 aliphatic carbocycles. The minimum absolute atomic E-state index is 0.0133. The molecular weight excluding hydrogens is 1130 g/mol. The van der Waals surface area contributed by atoms with Crippen molar-refractivity contribution in [2.24, 2.45) is 0 Å². The van der Waals surface area contributed by atoms with E-state index in [0.29, 0.717) is 17.7 Å². The standard InChI is InChI=1S/C32H12BF24.C19H22NO2/c34-25(35,36)13-1-14(26(37,38)39)6-21(5-13)33(22-7-15(27(40,41)42)2-16(8-22)28(43,44)45,23-9-17(29(46,47)48)3-18(10-23)30(49,50)51)24-11-19(31(52,53)54)4-20(12-24)32(55,56)57;1-2-3-5-13-18(21)17-12-8-9-14-20(17)15-19(22)16-10-6-4-7-11-16/h1-12H;4,6-12,14H,2-3,5,13,15H2,1H3/q-1;+1. The van der Waals surface area contributed by atoms with E-state index in [-0.39, 0.29) is 18.1 Å². The molecule has 0 amide bonds. The summed E-state index contributed by atoms with van der Waals surface area (Å²) in [6.07, 6.45) is -49.4. The van der Waals surface area contributed by atoms with Crippen LogP contribution in [-0.4, -0.2) is 17.7 Å². The normalized spacial score (nSPS) is 13.2. The summed E-state index contributed by atoms with van der Waals surface area (Å²) in [5.41, 5.74) is -28.9. The van der Waals surface area contributed by atoms with E-state index in [1.54, 1.807) is 29.0 Å². The number of rotatable bonds is 12. The van der Waals surface area contributed by atoms with Crippen molar-refractivity contribution in [1.29, 1.82) is 0 Å². The van der Waals surface area contributed by atoms with Crippen molar-refractivity contribution < 1.29 is 120 Å². The topological polar surface area (TPSA) is 38.0 Å². The molecule has 1 heterocycles. The molecule has 0 unspecified atom stereocenters.